The van der Waals surface area contributed by atoms with Gasteiger partial charge in [-0.2, -0.15) is 0 Å². The summed E-state index contributed by atoms with van der Waals surface area (Å²) in [6.45, 7) is 2.07. The van der Waals surface area contributed by atoms with E-state index in [4.69, 9.17) is 11.6 Å². The van der Waals surface area contributed by atoms with Crippen molar-refractivity contribution in [1.82, 2.24) is 0 Å². The highest BCUT2D eigenvalue weighted by Crippen LogP contribution is 2.25. The zero-order chi connectivity index (χ0) is 9.26. The molecule has 0 amide bonds. The van der Waals surface area contributed by atoms with E-state index in [1.165, 1.54) is 24.8 Å². The molecule has 13 heavy (non-hydrogen) atoms. The molecule has 0 unspecified atom stereocenters. The van der Waals surface area contributed by atoms with Crippen LogP contribution in [0, 0.1) is 6.92 Å². The molecule has 70 valence electrons. The third-order valence-corrected chi connectivity index (χ3v) is 2.74. The summed E-state index contributed by atoms with van der Waals surface area (Å²) in [6.07, 6.45) is 3.95. The monoisotopic (exact) mass is 195 g/mol. The Morgan fingerprint density at radius 1 is 1.31 bits per heavy atom. The quantitative estimate of drug-likeness (QED) is 0.760. The Bertz CT molecular complexity index is 285. The lowest BCUT2D eigenvalue weighted by atomic mass is 9.93. The average Bonchev–Trinajstić information content (AvgIpc) is 1.95. The molecule has 0 heterocycles. The van der Waals surface area contributed by atoms with Gasteiger partial charge in [0.25, 0.3) is 0 Å². The fraction of sp³-hybridized carbons (Fsp3) is 0.455. The van der Waals surface area contributed by atoms with E-state index in [0.717, 1.165) is 10.7 Å². The van der Waals surface area contributed by atoms with Gasteiger partial charge in [0.05, 0.1) is 0 Å². The molecule has 1 aromatic rings. The average molecular weight is 196 g/mol. The van der Waals surface area contributed by atoms with Crippen LogP contribution < -0.4 is 5.32 Å². The molecule has 2 heteroatoms. The fourth-order valence-electron chi connectivity index (χ4n) is 1.61. The van der Waals surface area contributed by atoms with Gasteiger partial charge >= 0.3 is 0 Å². The maximum Gasteiger partial charge on any atom is 0.0429 e. The van der Waals surface area contributed by atoms with Crippen LogP contribution in [0.2, 0.25) is 5.02 Å². The van der Waals surface area contributed by atoms with Crippen molar-refractivity contribution in [2.45, 2.75) is 32.2 Å². The predicted octanol–water partition coefficient (Wildman–Crippen LogP) is 3.61. The van der Waals surface area contributed by atoms with Crippen LogP contribution in [0.1, 0.15) is 24.8 Å². The molecule has 1 aromatic carbocycles. The first-order valence-electron chi connectivity index (χ1n) is 4.78. The highest BCUT2D eigenvalue weighted by molar-refractivity contribution is 6.30. The van der Waals surface area contributed by atoms with Crippen LogP contribution in [0.15, 0.2) is 18.2 Å². The summed E-state index contributed by atoms with van der Waals surface area (Å²) in [5.41, 5.74) is 2.38. The number of anilines is 1. The van der Waals surface area contributed by atoms with Gasteiger partial charge < -0.3 is 5.32 Å². The van der Waals surface area contributed by atoms with E-state index in [1.807, 2.05) is 12.1 Å². The zero-order valence-corrected chi connectivity index (χ0v) is 8.56. The highest BCUT2D eigenvalue weighted by Gasteiger charge is 2.16. The van der Waals surface area contributed by atoms with Crippen LogP contribution in [0.4, 0.5) is 5.69 Å². The minimum Gasteiger partial charge on any atom is -0.382 e. The van der Waals surface area contributed by atoms with Gasteiger partial charge in [0.15, 0.2) is 0 Å². The number of aryl methyl sites for hydroxylation is 1. The van der Waals surface area contributed by atoms with Crippen LogP contribution in [-0.2, 0) is 0 Å². The van der Waals surface area contributed by atoms with Crippen molar-refractivity contribution < 1.29 is 0 Å². The zero-order valence-electron chi connectivity index (χ0n) is 7.81. The first-order chi connectivity index (χ1) is 6.24. The number of rotatable bonds is 2. The van der Waals surface area contributed by atoms with Crippen LogP contribution in [0.3, 0.4) is 0 Å². The lowest BCUT2D eigenvalue weighted by Crippen LogP contribution is -2.26. The van der Waals surface area contributed by atoms with Gasteiger partial charge in [0.1, 0.15) is 0 Å². The van der Waals surface area contributed by atoms with Crippen LogP contribution in [-0.4, -0.2) is 6.04 Å². The minimum atomic E-state index is 0.679. The molecule has 1 saturated carbocycles. The van der Waals surface area contributed by atoms with E-state index >= 15 is 0 Å². The molecule has 0 atom stereocenters. The predicted molar refractivity (Wildman–Crippen MR) is 57.5 cm³/mol. The van der Waals surface area contributed by atoms with Gasteiger partial charge in [-0.3, -0.25) is 0 Å². The van der Waals surface area contributed by atoms with Crippen molar-refractivity contribution in [2.24, 2.45) is 0 Å². The van der Waals surface area contributed by atoms with E-state index in [1.54, 1.807) is 0 Å². The van der Waals surface area contributed by atoms with Crippen molar-refractivity contribution in [3.05, 3.63) is 28.8 Å². The maximum absolute atomic E-state index is 5.95. The standard InChI is InChI=1S/C11H14ClN/c1-8-5-9(12)7-11(6-8)13-10-3-2-4-10/h5-7,10,13H,2-4H2,1H3. The van der Waals surface area contributed by atoms with E-state index < -0.39 is 0 Å². The smallest absolute Gasteiger partial charge is 0.0429 e. The molecule has 0 aliphatic heterocycles. The second-order valence-corrected chi connectivity index (χ2v) is 4.23. The van der Waals surface area contributed by atoms with E-state index in [9.17, 15) is 0 Å². The lowest BCUT2D eigenvalue weighted by molar-refractivity contribution is 0.445. The summed E-state index contributed by atoms with van der Waals surface area (Å²) in [5, 5.41) is 4.30. The van der Waals surface area contributed by atoms with Gasteiger partial charge in [-0.1, -0.05) is 11.6 Å². The minimum absolute atomic E-state index is 0.679. The van der Waals surface area contributed by atoms with Gasteiger partial charge in [-0.05, 0) is 49.9 Å². The molecule has 2 rings (SSSR count). The molecule has 0 spiro atoms. The molecule has 0 saturated heterocycles. The van der Waals surface area contributed by atoms with Crippen molar-refractivity contribution in [3.8, 4) is 0 Å². The topological polar surface area (TPSA) is 12.0 Å². The largest absolute Gasteiger partial charge is 0.382 e. The Morgan fingerprint density at radius 2 is 2.08 bits per heavy atom. The summed E-state index contributed by atoms with van der Waals surface area (Å²) in [4.78, 5) is 0. The first-order valence-corrected chi connectivity index (χ1v) is 5.15. The molecule has 0 bridgehead atoms. The van der Waals surface area contributed by atoms with Gasteiger partial charge in [-0.25, -0.2) is 0 Å². The maximum atomic E-state index is 5.95. The third kappa shape index (κ3) is 2.16. The molecule has 1 N–H and O–H groups in total. The van der Waals surface area contributed by atoms with Gasteiger partial charge in [0.2, 0.25) is 0 Å². The number of halogens is 1. The van der Waals surface area contributed by atoms with Crippen molar-refractivity contribution in [3.63, 3.8) is 0 Å². The summed E-state index contributed by atoms with van der Waals surface area (Å²) in [5.74, 6) is 0. The second-order valence-electron chi connectivity index (χ2n) is 3.79. The molecular formula is C11H14ClN. The summed E-state index contributed by atoms with van der Waals surface area (Å²) in [7, 11) is 0. The summed E-state index contributed by atoms with van der Waals surface area (Å²) in [6, 6.07) is 6.79. The van der Waals surface area contributed by atoms with E-state index in [2.05, 4.69) is 18.3 Å². The van der Waals surface area contributed by atoms with Crippen LogP contribution in [0.25, 0.3) is 0 Å². The number of hydrogen-bond donors (Lipinski definition) is 1. The van der Waals surface area contributed by atoms with Crippen LogP contribution in [0.5, 0.6) is 0 Å². The molecule has 0 aromatic heterocycles. The molecule has 1 aliphatic rings. The van der Waals surface area contributed by atoms with E-state index in [-0.39, 0.29) is 0 Å². The SMILES string of the molecule is Cc1cc(Cl)cc(NC2CCC2)c1. The Hall–Kier alpha value is -0.690. The Kier molecular flexibility index (Phi) is 2.45. The lowest BCUT2D eigenvalue weighted by Gasteiger charge is -2.27. The molecule has 0 radical (unpaired) electrons. The number of nitrogens with one attached hydrogen (secondary N) is 1. The first kappa shape index (κ1) is 8.89. The Labute approximate surface area is 84.1 Å². The number of benzene rings is 1. The van der Waals surface area contributed by atoms with Crippen molar-refractivity contribution >= 4 is 17.3 Å². The fourth-order valence-corrected chi connectivity index (χ4v) is 1.90. The van der Waals surface area contributed by atoms with Gasteiger partial charge in [-0.15, -0.1) is 0 Å². The Balaban J connectivity index is 2.10. The molecular weight excluding hydrogens is 182 g/mol. The van der Waals surface area contributed by atoms with Crippen molar-refractivity contribution in [1.29, 1.82) is 0 Å². The number of hydrogen-bond acceptors (Lipinski definition) is 1. The van der Waals surface area contributed by atoms with Crippen LogP contribution >= 0.6 is 11.6 Å². The third-order valence-electron chi connectivity index (χ3n) is 2.52. The van der Waals surface area contributed by atoms with E-state index in [0.29, 0.717) is 6.04 Å². The Morgan fingerprint density at radius 3 is 2.62 bits per heavy atom. The molecule has 1 fully saturated rings. The normalized spacial score (nSPS) is 16.8. The molecule has 1 nitrogen and oxygen atoms in total. The molecule has 1 aliphatic carbocycles. The highest BCUT2D eigenvalue weighted by atomic mass is 35.5. The summed E-state index contributed by atoms with van der Waals surface area (Å²) < 4.78 is 0. The second kappa shape index (κ2) is 3.59. The van der Waals surface area contributed by atoms with Crippen molar-refractivity contribution in [2.75, 3.05) is 5.32 Å². The van der Waals surface area contributed by atoms with Gasteiger partial charge in [0, 0.05) is 16.8 Å². The summed E-state index contributed by atoms with van der Waals surface area (Å²) >= 11 is 5.95.